The predicted molar refractivity (Wildman–Crippen MR) is 65.9 cm³/mol. The van der Waals surface area contributed by atoms with Gasteiger partial charge in [-0.15, -0.1) is 11.3 Å². The highest BCUT2D eigenvalue weighted by molar-refractivity contribution is 7.14. The molecule has 94 valence electrons. The van der Waals surface area contributed by atoms with Crippen molar-refractivity contribution in [2.24, 2.45) is 0 Å². The van der Waals surface area contributed by atoms with Crippen molar-refractivity contribution in [3.63, 3.8) is 0 Å². The third-order valence-corrected chi connectivity index (χ3v) is 3.40. The minimum atomic E-state index is -1.04. The summed E-state index contributed by atoms with van der Waals surface area (Å²) in [6.07, 6.45) is 0. The van der Waals surface area contributed by atoms with Gasteiger partial charge in [0.25, 0.3) is 5.91 Å². The molecule has 1 heterocycles. The lowest BCUT2D eigenvalue weighted by molar-refractivity contribution is 0.0992. The highest BCUT2D eigenvalue weighted by Crippen LogP contribution is 2.21. The van der Waals surface area contributed by atoms with E-state index in [0.717, 1.165) is 17.8 Å². The molecule has 0 spiro atoms. The van der Waals surface area contributed by atoms with Crippen molar-refractivity contribution < 1.29 is 13.6 Å². The lowest BCUT2D eigenvalue weighted by Gasteiger charge is -2.13. The van der Waals surface area contributed by atoms with Crippen LogP contribution in [0.2, 0.25) is 0 Å². The van der Waals surface area contributed by atoms with Crippen molar-refractivity contribution >= 4 is 22.4 Å². The van der Waals surface area contributed by atoms with Crippen LogP contribution in [-0.2, 0) is 0 Å². The molecular weight excluding hydrogens is 258 g/mol. The summed E-state index contributed by atoms with van der Waals surface area (Å²) < 4.78 is 25.8. The minimum absolute atomic E-state index is 0.0873. The van der Waals surface area contributed by atoms with Gasteiger partial charge in [0.1, 0.15) is 0 Å². The van der Waals surface area contributed by atoms with Crippen LogP contribution in [0.3, 0.4) is 0 Å². The summed E-state index contributed by atoms with van der Waals surface area (Å²) in [5.74, 6) is -2.44. The van der Waals surface area contributed by atoms with E-state index in [0.29, 0.717) is 5.13 Å². The van der Waals surface area contributed by atoms with Crippen LogP contribution in [0.1, 0.15) is 16.1 Å². The largest absolute Gasteiger partial charge is 0.287 e. The molecule has 0 N–H and O–H groups in total. The van der Waals surface area contributed by atoms with Gasteiger partial charge in [-0.2, -0.15) is 0 Å². The number of carbonyl (C=O) groups excluding carboxylic acids is 1. The maximum atomic E-state index is 13.1. The third-order valence-electron chi connectivity index (χ3n) is 2.37. The normalized spacial score (nSPS) is 10.4. The fraction of sp³-hybridized carbons (Fsp3) is 0.167. The molecule has 0 saturated heterocycles. The second-order valence-corrected chi connectivity index (χ2v) is 4.60. The molecule has 0 atom stereocenters. The second kappa shape index (κ2) is 4.81. The molecule has 1 aromatic carbocycles. The molecule has 6 heteroatoms. The Kier molecular flexibility index (Phi) is 3.38. The Morgan fingerprint density at radius 1 is 1.33 bits per heavy atom. The van der Waals surface area contributed by atoms with Gasteiger partial charge in [-0.25, -0.2) is 13.8 Å². The van der Waals surface area contributed by atoms with Crippen LogP contribution in [0.5, 0.6) is 0 Å². The second-order valence-electron chi connectivity index (χ2n) is 3.76. The van der Waals surface area contributed by atoms with E-state index in [2.05, 4.69) is 4.98 Å². The average Bonchev–Trinajstić information content (AvgIpc) is 2.77. The van der Waals surface area contributed by atoms with Gasteiger partial charge in [-0.1, -0.05) is 0 Å². The van der Waals surface area contributed by atoms with Gasteiger partial charge in [-0.05, 0) is 25.1 Å². The molecule has 0 radical (unpaired) electrons. The Morgan fingerprint density at radius 2 is 2.06 bits per heavy atom. The van der Waals surface area contributed by atoms with E-state index in [4.69, 9.17) is 0 Å². The summed E-state index contributed by atoms with van der Waals surface area (Å²) in [6.45, 7) is 1.82. The van der Waals surface area contributed by atoms with E-state index in [-0.39, 0.29) is 5.56 Å². The summed E-state index contributed by atoms with van der Waals surface area (Å²) in [5.41, 5.74) is 0.893. The molecule has 2 rings (SSSR count). The number of hydrogen-bond acceptors (Lipinski definition) is 3. The number of anilines is 1. The molecule has 2 aromatic rings. The van der Waals surface area contributed by atoms with Gasteiger partial charge in [0, 0.05) is 18.0 Å². The van der Waals surface area contributed by atoms with Crippen LogP contribution in [0.25, 0.3) is 0 Å². The topological polar surface area (TPSA) is 33.2 Å². The van der Waals surface area contributed by atoms with Crippen LogP contribution < -0.4 is 4.90 Å². The Balaban J connectivity index is 2.28. The molecular formula is C12H10F2N2OS. The van der Waals surface area contributed by atoms with Gasteiger partial charge in [0.2, 0.25) is 0 Å². The van der Waals surface area contributed by atoms with Crippen LogP contribution in [-0.4, -0.2) is 17.9 Å². The highest BCUT2D eigenvalue weighted by Gasteiger charge is 2.17. The lowest BCUT2D eigenvalue weighted by Crippen LogP contribution is -2.26. The number of aryl methyl sites for hydroxylation is 1. The molecule has 18 heavy (non-hydrogen) atoms. The Hall–Kier alpha value is -1.82. The highest BCUT2D eigenvalue weighted by atomic mass is 32.1. The Morgan fingerprint density at radius 3 is 2.61 bits per heavy atom. The zero-order chi connectivity index (χ0) is 13.3. The number of hydrogen-bond donors (Lipinski definition) is 0. The van der Waals surface area contributed by atoms with Crippen molar-refractivity contribution in [2.75, 3.05) is 11.9 Å². The van der Waals surface area contributed by atoms with Crippen LogP contribution >= 0.6 is 11.3 Å². The third kappa shape index (κ3) is 2.38. The van der Waals surface area contributed by atoms with E-state index < -0.39 is 17.5 Å². The molecule has 0 fully saturated rings. The first kappa shape index (κ1) is 12.6. The van der Waals surface area contributed by atoms with Gasteiger partial charge in [0.05, 0.1) is 5.69 Å². The molecule has 0 aliphatic carbocycles. The van der Waals surface area contributed by atoms with Crippen molar-refractivity contribution in [1.82, 2.24) is 4.98 Å². The zero-order valence-corrected chi connectivity index (χ0v) is 10.6. The summed E-state index contributed by atoms with van der Waals surface area (Å²) >= 11 is 1.31. The van der Waals surface area contributed by atoms with Crippen LogP contribution in [0.15, 0.2) is 23.6 Å². The first-order chi connectivity index (χ1) is 8.49. The van der Waals surface area contributed by atoms with E-state index in [1.54, 1.807) is 7.05 Å². The molecule has 0 aliphatic heterocycles. The average molecular weight is 268 g/mol. The molecule has 0 aliphatic rings. The van der Waals surface area contributed by atoms with E-state index >= 15 is 0 Å². The standard InChI is InChI=1S/C12H10F2N2OS/c1-7-6-18-12(15-7)16(2)11(17)8-3-4-9(13)10(14)5-8/h3-6H,1-2H3. The summed E-state index contributed by atoms with van der Waals surface area (Å²) in [4.78, 5) is 17.5. The summed E-state index contributed by atoms with van der Waals surface area (Å²) in [6, 6.07) is 3.07. The smallest absolute Gasteiger partial charge is 0.259 e. The number of benzene rings is 1. The number of carbonyl (C=O) groups is 1. The van der Waals surface area contributed by atoms with Crippen LogP contribution in [0, 0.1) is 18.6 Å². The van der Waals surface area contributed by atoms with Crippen molar-refractivity contribution in [2.45, 2.75) is 6.92 Å². The Labute approximate surface area is 107 Å². The predicted octanol–water partition coefficient (Wildman–Crippen LogP) is 3.01. The number of aromatic nitrogens is 1. The molecule has 1 aromatic heterocycles. The van der Waals surface area contributed by atoms with Crippen molar-refractivity contribution in [1.29, 1.82) is 0 Å². The lowest BCUT2D eigenvalue weighted by atomic mass is 10.2. The first-order valence-electron chi connectivity index (χ1n) is 5.14. The summed E-state index contributed by atoms with van der Waals surface area (Å²) in [5, 5.41) is 2.33. The van der Waals surface area contributed by atoms with Gasteiger partial charge < -0.3 is 0 Å². The fourth-order valence-corrected chi connectivity index (χ4v) is 2.17. The van der Waals surface area contributed by atoms with Gasteiger partial charge in [0.15, 0.2) is 16.8 Å². The van der Waals surface area contributed by atoms with Crippen molar-refractivity contribution in [3.05, 3.63) is 46.5 Å². The fourth-order valence-electron chi connectivity index (χ4n) is 1.41. The van der Waals surface area contributed by atoms with E-state index in [1.807, 2.05) is 12.3 Å². The maximum Gasteiger partial charge on any atom is 0.259 e. The SMILES string of the molecule is Cc1csc(N(C)C(=O)c2ccc(F)c(F)c2)n1. The van der Waals surface area contributed by atoms with Gasteiger partial charge >= 0.3 is 0 Å². The molecule has 0 unspecified atom stereocenters. The van der Waals surface area contributed by atoms with E-state index in [9.17, 15) is 13.6 Å². The van der Waals surface area contributed by atoms with Crippen LogP contribution in [0.4, 0.5) is 13.9 Å². The van der Waals surface area contributed by atoms with E-state index in [1.165, 1.54) is 22.3 Å². The number of nitrogens with zero attached hydrogens (tertiary/aromatic N) is 2. The monoisotopic (exact) mass is 268 g/mol. The first-order valence-corrected chi connectivity index (χ1v) is 6.02. The number of thiazole rings is 1. The molecule has 3 nitrogen and oxygen atoms in total. The quantitative estimate of drug-likeness (QED) is 0.838. The maximum absolute atomic E-state index is 13.1. The summed E-state index contributed by atoms with van der Waals surface area (Å²) in [7, 11) is 1.54. The zero-order valence-electron chi connectivity index (χ0n) is 9.78. The minimum Gasteiger partial charge on any atom is -0.287 e. The number of rotatable bonds is 2. The molecule has 1 amide bonds. The number of halogens is 2. The Bertz CT molecular complexity index is 598. The van der Waals surface area contributed by atoms with Crippen molar-refractivity contribution in [3.8, 4) is 0 Å². The number of amides is 1. The molecule has 0 bridgehead atoms. The molecule has 0 saturated carbocycles. The van der Waals surface area contributed by atoms with Gasteiger partial charge in [-0.3, -0.25) is 9.69 Å².